The lowest BCUT2D eigenvalue weighted by Crippen LogP contribution is -2.23. The van der Waals surface area contributed by atoms with E-state index in [4.69, 9.17) is 16.9 Å². The molecular formula is C11H9ClFN3O. The number of nitrogens with zero attached hydrogens (tertiary/aromatic N) is 2. The molecule has 1 fully saturated rings. The van der Waals surface area contributed by atoms with Crippen molar-refractivity contribution in [2.45, 2.75) is 13.0 Å². The summed E-state index contributed by atoms with van der Waals surface area (Å²) in [6.45, 7) is 1.78. The summed E-state index contributed by atoms with van der Waals surface area (Å²) in [7, 11) is 0. The van der Waals surface area contributed by atoms with Gasteiger partial charge in [0, 0.05) is 5.02 Å². The number of urea groups is 1. The van der Waals surface area contributed by atoms with Gasteiger partial charge in [-0.15, -0.1) is 0 Å². The Balaban J connectivity index is 2.34. The summed E-state index contributed by atoms with van der Waals surface area (Å²) in [6.07, 6.45) is 1.74. The smallest absolute Gasteiger partial charge is 0.328 e. The van der Waals surface area contributed by atoms with Gasteiger partial charge in [0.05, 0.1) is 12.6 Å². The maximum absolute atomic E-state index is 13.4. The van der Waals surface area contributed by atoms with Crippen molar-refractivity contribution in [2.24, 2.45) is 0 Å². The van der Waals surface area contributed by atoms with Crippen LogP contribution in [0.3, 0.4) is 0 Å². The second kappa shape index (κ2) is 4.22. The third kappa shape index (κ3) is 2.04. The molecule has 1 aliphatic rings. The van der Waals surface area contributed by atoms with Gasteiger partial charge in [0.25, 0.3) is 0 Å². The highest BCUT2D eigenvalue weighted by atomic mass is 35.5. The van der Waals surface area contributed by atoms with Crippen molar-refractivity contribution in [3.05, 3.63) is 34.1 Å². The molecule has 6 heteroatoms. The molecule has 88 valence electrons. The molecule has 2 rings (SSSR count). The molecule has 1 atom stereocenters. The van der Waals surface area contributed by atoms with Gasteiger partial charge in [0.1, 0.15) is 5.82 Å². The van der Waals surface area contributed by atoms with Crippen molar-refractivity contribution in [1.82, 2.24) is 10.2 Å². The Labute approximate surface area is 103 Å². The van der Waals surface area contributed by atoms with E-state index in [9.17, 15) is 9.18 Å². The van der Waals surface area contributed by atoms with Crippen LogP contribution >= 0.6 is 11.6 Å². The van der Waals surface area contributed by atoms with Crippen molar-refractivity contribution in [2.75, 3.05) is 6.54 Å². The topological polar surface area (TPSA) is 56.1 Å². The predicted molar refractivity (Wildman–Crippen MR) is 59.7 cm³/mol. The summed E-state index contributed by atoms with van der Waals surface area (Å²) in [6, 6.07) is 1.86. The molecule has 0 saturated carbocycles. The number of benzene rings is 1. The van der Waals surface area contributed by atoms with Crippen molar-refractivity contribution in [3.8, 4) is 6.19 Å². The number of rotatable bonds is 1. The van der Waals surface area contributed by atoms with Crippen LogP contribution in [0.1, 0.15) is 17.2 Å². The summed E-state index contributed by atoms with van der Waals surface area (Å²) in [4.78, 5) is 12.3. The summed E-state index contributed by atoms with van der Waals surface area (Å²) in [5.74, 6) is -0.381. The number of amides is 2. The quantitative estimate of drug-likeness (QED) is 0.781. The zero-order chi connectivity index (χ0) is 12.6. The molecule has 1 N–H and O–H groups in total. The molecule has 0 spiro atoms. The normalized spacial score (nSPS) is 19.1. The molecule has 1 aliphatic heterocycles. The highest BCUT2D eigenvalue weighted by Gasteiger charge is 2.31. The molecule has 1 aromatic carbocycles. The van der Waals surface area contributed by atoms with Gasteiger partial charge in [0.2, 0.25) is 0 Å². The zero-order valence-electron chi connectivity index (χ0n) is 9.00. The second-order valence-corrected chi connectivity index (χ2v) is 4.24. The van der Waals surface area contributed by atoms with E-state index in [1.54, 1.807) is 13.1 Å². The fraction of sp³-hybridized carbons (Fsp3) is 0.273. The average Bonchev–Trinajstić information content (AvgIpc) is 2.65. The van der Waals surface area contributed by atoms with Gasteiger partial charge in [0.15, 0.2) is 6.19 Å². The number of carbonyl (C=O) groups excluding carboxylic acids is 1. The standard InChI is InChI=1S/C11H9ClFN3O/c1-6-2-8(12)7(3-9(6)13)10-4-16(5-14)11(17)15-10/h2-3,10H,4H2,1H3,(H,15,17). The van der Waals surface area contributed by atoms with Gasteiger partial charge >= 0.3 is 6.03 Å². The van der Waals surface area contributed by atoms with Crippen LogP contribution in [-0.4, -0.2) is 17.5 Å². The first-order chi connectivity index (χ1) is 8.02. The van der Waals surface area contributed by atoms with E-state index in [0.29, 0.717) is 16.1 Å². The number of carbonyl (C=O) groups is 1. The Kier molecular flexibility index (Phi) is 2.90. The summed E-state index contributed by atoms with van der Waals surface area (Å²) in [5, 5.41) is 11.6. The minimum absolute atomic E-state index is 0.164. The lowest BCUT2D eigenvalue weighted by Gasteiger charge is -2.12. The van der Waals surface area contributed by atoms with Crippen molar-refractivity contribution in [3.63, 3.8) is 0 Å². The van der Waals surface area contributed by atoms with Crippen LogP contribution in [0.4, 0.5) is 9.18 Å². The monoisotopic (exact) mass is 253 g/mol. The Morgan fingerprint density at radius 2 is 2.35 bits per heavy atom. The van der Waals surface area contributed by atoms with Gasteiger partial charge in [-0.3, -0.25) is 0 Å². The van der Waals surface area contributed by atoms with E-state index in [-0.39, 0.29) is 12.4 Å². The van der Waals surface area contributed by atoms with Crippen molar-refractivity contribution >= 4 is 17.6 Å². The molecule has 0 aromatic heterocycles. The first kappa shape index (κ1) is 11.7. The fourth-order valence-electron chi connectivity index (χ4n) is 1.73. The minimum atomic E-state index is -0.491. The van der Waals surface area contributed by atoms with Crippen LogP contribution in [0.25, 0.3) is 0 Å². The highest BCUT2D eigenvalue weighted by Crippen LogP contribution is 2.28. The predicted octanol–water partition coefficient (Wildman–Crippen LogP) is 2.33. The van der Waals surface area contributed by atoms with Gasteiger partial charge in [-0.25, -0.2) is 14.1 Å². The number of hydrogen-bond acceptors (Lipinski definition) is 2. The molecule has 0 bridgehead atoms. The van der Waals surface area contributed by atoms with E-state index in [1.807, 2.05) is 0 Å². The number of nitriles is 1. The van der Waals surface area contributed by atoms with E-state index >= 15 is 0 Å². The molecule has 1 aromatic rings. The Bertz CT molecular complexity index is 526. The van der Waals surface area contributed by atoms with Gasteiger partial charge in [-0.05, 0) is 30.2 Å². The van der Waals surface area contributed by atoms with Gasteiger partial charge < -0.3 is 5.32 Å². The SMILES string of the molecule is Cc1cc(Cl)c(C2CN(C#N)C(=O)N2)cc1F. The van der Waals surface area contributed by atoms with Crippen LogP contribution in [0.2, 0.25) is 5.02 Å². The molecule has 2 amide bonds. The summed E-state index contributed by atoms with van der Waals surface area (Å²) >= 11 is 6.00. The first-order valence-electron chi connectivity index (χ1n) is 4.96. The van der Waals surface area contributed by atoms with E-state index in [1.165, 1.54) is 12.1 Å². The number of nitrogens with one attached hydrogen (secondary N) is 1. The Morgan fingerprint density at radius 1 is 1.65 bits per heavy atom. The van der Waals surface area contributed by atoms with Crippen LogP contribution < -0.4 is 5.32 Å². The minimum Gasteiger partial charge on any atom is -0.328 e. The zero-order valence-corrected chi connectivity index (χ0v) is 9.75. The molecule has 0 radical (unpaired) electrons. The number of halogens is 2. The lowest BCUT2D eigenvalue weighted by atomic mass is 10.1. The molecule has 17 heavy (non-hydrogen) atoms. The van der Waals surface area contributed by atoms with Crippen molar-refractivity contribution < 1.29 is 9.18 Å². The van der Waals surface area contributed by atoms with E-state index in [2.05, 4.69) is 5.32 Å². The third-order valence-corrected chi connectivity index (χ3v) is 3.01. The molecule has 1 unspecified atom stereocenters. The maximum atomic E-state index is 13.4. The average molecular weight is 254 g/mol. The fourth-order valence-corrected chi connectivity index (χ4v) is 2.08. The van der Waals surface area contributed by atoms with Crippen LogP contribution in [0, 0.1) is 24.2 Å². The summed E-state index contributed by atoms with van der Waals surface area (Å²) in [5.41, 5.74) is 0.932. The van der Waals surface area contributed by atoms with Crippen LogP contribution in [0.5, 0.6) is 0 Å². The number of aryl methyl sites for hydroxylation is 1. The molecular weight excluding hydrogens is 245 g/mol. The van der Waals surface area contributed by atoms with Crippen LogP contribution in [-0.2, 0) is 0 Å². The van der Waals surface area contributed by atoms with Gasteiger partial charge in [-0.2, -0.15) is 5.26 Å². The van der Waals surface area contributed by atoms with E-state index < -0.39 is 12.1 Å². The van der Waals surface area contributed by atoms with Gasteiger partial charge in [-0.1, -0.05) is 11.6 Å². The Morgan fingerprint density at radius 3 is 2.94 bits per heavy atom. The largest absolute Gasteiger partial charge is 0.331 e. The molecule has 1 saturated heterocycles. The molecule has 1 heterocycles. The molecule has 0 aliphatic carbocycles. The van der Waals surface area contributed by atoms with Crippen LogP contribution in [0.15, 0.2) is 12.1 Å². The Hall–Kier alpha value is -1.80. The van der Waals surface area contributed by atoms with E-state index in [0.717, 1.165) is 4.90 Å². The molecule has 4 nitrogen and oxygen atoms in total. The second-order valence-electron chi connectivity index (χ2n) is 3.84. The first-order valence-corrected chi connectivity index (χ1v) is 5.34. The highest BCUT2D eigenvalue weighted by molar-refractivity contribution is 6.31. The lowest BCUT2D eigenvalue weighted by molar-refractivity contribution is 0.232. The maximum Gasteiger partial charge on any atom is 0.331 e. The number of hydrogen-bond donors (Lipinski definition) is 1. The third-order valence-electron chi connectivity index (χ3n) is 2.68. The summed E-state index contributed by atoms with van der Waals surface area (Å²) < 4.78 is 13.4. The van der Waals surface area contributed by atoms with Crippen molar-refractivity contribution in [1.29, 1.82) is 5.26 Å².